The number of anilines is 1. The van der Waals surface area contributed by atoms with Gasteiger partial charge in [-0.2, -0.15) is 5.26 Å². The fourth-order valence-corrected chi connectivity index (χ4v) is 4.55. The molecule has 0 aliphatic heterocycles. The zero-order valence-electron chi connectivity index (χ0n) is 18.0. The van der Waals surface area contributed by atoms with Crippen LogP contribution in [0.5, 0.6) is 5.75 Å². The predicted octanol–water partition coefficient (Wildman–Crippen LogP) is 7.26. The number of nitrogens with one attached hydrogen (secondary N) is 1. The number of benzene rings is 3. The molecule has 3 aromatic rings. The molecule has 0 atom stereocenters. The van der Waals surface area contributed by atoms with E-state index in [1.807, 2.05) is 81.4 Å². The molecule has 0 unspecified atom stereocenters. The van der Waals surface area contributed by atoms with Crippen LogP contribution in [0.4, 0.5) is 5.69 Å². The maximum Gasteiger partial charge on any atom is 0.266 e. The maximum atomic E-state index is 12.7. The van der Waals surface area contributed by atoms with E-state index in [0.29, 0.717) is 23.6 Å². The van der Waals surface area contributed by atoms with Crippen LogP contribution in [0.3, 0.4) is 0 Å². The van der Waals surface area contributed by atoms with Gasteiger partial charge in [0.1, 0.15) is 24.0 Å². The number of nitriles is 1. The minimum atomic E-state index is -0.452. The molecule has 1 amide bonds. The Kier molecular flexibility index (Phi) is 7.89. The predicted molar refractivity (Wildman–Crippen MR) is 135 cm³/mol. The topological polar surface area (TPSA) is 62.1 Å². The van der Waals surface area contributed by atoms with Gasteiger partial charge >= 0.3 is 0 Å². The first-order chi connectivity index (χ1) is 15.3. The summed E-state index contributed by atoms with van der Waals surface area (Å²) >= 11 is 7.07. The Labute approximate surface area is 205 Å². The summed E-state index contributed by atoms with van der Waals surface area (Å²) in [5, 5.41) is 12.4. The Hall–Kier alpha value is -2.88. The Balaban J connectivity index is 1.77. The monoisotopic (exact) mass is 552 g/mol. The summed E-state index contributed by atoms with van der Waals surface area (Å²) in [6.07, 6.45) is 1.55. The number of aryl methyl sites for hydroxylation is 3. The third kappa shape index (κ3) is 6.09. The fraction of sp³-hybridized carbons (Fsp3) is 0.154. The van der Waals surface area contributed by atoms with Crippen LogP contribution in [0, 0.1) is 32.1 Å². The average Bonchev–Trinajstić information content (AvgIpc) is 2.74. The molecule has 0 aliphatic rings. The van der Waals surface area contributed by atoms with Crippen molar-refractivity contribution in [3.05, 3.63) is 96.9 Å². The zero-order chi connectivity index (χ0) is 23.3. The van der Waals surface area contributed by atoms with Crippen molar-refractivity contribution in [3.63, 3.8) is 0 Å². The average molecular weight is 554 g/mol. The quantitative estimate of drug-likeness (QED) is 0.258. The highest BCUT2D eigenvalue weighted by Crippen LogP contribution is 2.36. The van der Waals surface area contributed by atoms with Crippen molar-refractivity contribution in [2.24, 2.45) is 0 Å². The molecule has 0 aromatic heterocycles. The van der Waals surface area contributed by atoms with Crippen molar-refractivity contribution in [1.29, 1.82) is 5.26 Å². The Morgan fingerprint density at radius 3 is 2.22 bits per heavy atom. The second-order valence-corrected chi connectivity index (χ2v) is 9.24. The van der Waals surface area contributed by atoms with Gasteiger partial charge in [-0.15, -0.1) is 0 Å². The number of halogens is 2. The van der Waals surface area contributed by atoms with Crippen LogP contribution in [-0.2, 0) is 11.4 Å². The number of carbonyl (C=O) groups excluding carboxylic acids is 1. The third-order valence-corrected chi connectivity index (χ3v) is 6.01. The van der Waals surface area contributed by atoms with Crippen molar-refractivity contribution in [2.75, 3.05) is 5.32 Å². The molecule has 0 fully saturated rings. The van der Waals surface area contributed by atoms with E-state index in [1.54, 1.807) is 6.08 Å². The lowest BCUT2D eigenvalue weighted by Crippen LogP contribution is -2.14. The van der Waals surface area contributed by atoms with Crippen LogP contribution in [0.25, 0.3) is 6.08 Å². The van der Waals surface area contributed by atoms with Crippen molar-refractivity contribution >= 4 is 49.5 Å². The Morgan fingerprint density at radius 1 is 1.00 bits per heavy atom. The zero-order valence-corrected chi connectivity index (χ0v) is 21.2. The van der Waals surface area contributed by atoms with E-state index in [9.17, 15) is 10.1 Å². The van der Waals surface area contributed by atoms with Crippen molar-refractivity contribution in [3.8, 4) is 11.8 Å². The smallest absolute Gasteiger partial charge is 0.266 e. The Morgan fingerprint density at radius 2 is 1.62 bits per heavy atom. The summed E-state index contributed by atoms with van der Waals surface area (Å²) in [6.45, 7) is 6.38. The molecular weight excluding hydrogens is 532 g/mol. The summed E-state index contributed by atoms with van der Waals surface area (Å²) in [6, 6.07) is 19.5. The first-order valence-corrected chi connectivity index (χ1v) is 11.5. The molecule has 0 spiro atoms. The van der Waals surface area contributed by atoms with E-state index in [1.165, 1.54) is 5.56 Å². The van der Waals surface area contributed by atoms with Crippen LogP contribution in [0.1, 0.15) is 27.8 Å². The van der Waals surface area contributed by atoms with Crippen LogP contribution in [0.15, 0.2) is 69.1 Å². The van der Waals surface area contributed by atoms with Crippen LogP contribution >= 0.6 is 31.9 Å². The minimum absolute atomic E-state index is 0.0112. The van der Waals surface area contributed by atoms with Gasteiger partial charge in [0.25, 0.3) is 5.91 Å². The molecule has 162 valence electrons. The van der Waals surface area contributed by atoms with E-state index in [4.69, 9.17) is 4.74 Å². The minimum Gasteiger partial charge on any atom is -0.487 e. The molecule has 0 saturated carbocycles. The lowest BCUT2D eigenvalue weighted by atomic mass is 10.1. The number of rotatable bonds is 6. The van der Waals surface area contributed by atoms with Gasteiger partial charge in [-0.3, -0.25) is 4.79 Å². The van der Waals surface area contributed by atoms with Crippen molar-refractivity contribution in [1.82, 2.24) is 0 Å². The van der Waals surface area contributed by atoms with Crippen LogP contribution in [-0.4, -0.2) is 5.91 Å². The highest BCUT2D eigenvalue weighted by molar-refractivity contribution is 9.11. The SMILES string of the molecule is Cc1ccc(COc2c(Br)cc(/C=C(\C#N)C(=O)Nc3ccc(C)cc3C)cc2Br)cc1. The van der Waals surface area contributed by atoms with Crippen molar-refractivity contribution < 1.29 is 9.53 Å². The van der Waals surface area contributed by atoms with Crippen molar-refractivity contribution in [2.45, 2.75) is 27.4 Å². The number of hydrogen-bond donors (Lipinski definition) is 1. The molecule has 6 heteroatoms. The number of ether oxygens (including phenoxy) is 1. The van der Waals surface area contributed by atoms with Gasteiger partial charge < -0.3 is 10.1 Å². The molecule has 1 N–H and O–H groups in total. The van der Waals surface area contributed by atoms with Gasteiger partial charge in [0.15, 0.2) is 0 Å². The van der Waals surface area contributed by atoms with E-state index < -0.39 is 5.91 Å². The largest absolute Gasteiger partial charge is 0.487 e. The molecular formula is C26H22Br2N2O2. The van der Waals surface area contributed by atoms with Gasteiger partial charge in [0, 0.05) is 5.69 Å². The summed E-state index contributed by atoms with van der Waals surface area (Å²) in [5.41, 5.74) is 5.70. The number of carbonyl (C=O) groups is 1. The summed E-state index contributed by atoms with van der Waals surface area (Å²) in [7, 11) is 0. The van der Waals surface area contributed by atoms with Gasteiger partial charge in [0.2, 0.25) is 0 Å². The van der Waals surface area contributed by atoms with Gasteiger partial charge in [-0.1, -0.05) is 47.5 Å². The van der Waals surface area contributed by atoms with Crippen LogP contribution in [0.2, 0.25) is 0 Å². The lowest BCUT2D eigenvalue weighted by Gasteiger charge is -2.12. The number of hydrogen-bond acceptors (Lipinski definition) is 3. The molecule has 32 heavy (non-hydrogen) atoms. The van der Waals surface area contributed by atoms with E-state index in [0.717, 1.165) is 25.6 Å². The van der Waals surface area contributed by atoms with Gasteiger partial charge in [0.05, 0.1) is 8.95 Å². The third-order valence-electron chi connectivity index (χ3n) is 4.83. The summed E-state index contributed by atoms with van der Waals surface area (Å²) in [4.78, 5) is 12.7. The molecule has 3 aromatic carbocycles. The van der Waals surface area contributed by atoms with Gasteiger partial charge in [-0.25, -0.2) is 0 Å². The second kappa shape index (κ2) is 10.6. The molecule has 3 rings (SSSR count). The first-order valence-electron chi connectivity index (χ1n) is 9.94. The molecule has 0 saturated heterocycles. The van der Waals surface area contributed by atoms with E-state index >= 15 is 0 Å². The highest BCUT2D eigenvalue weighted by Gasteiger charge is 2.13. The lowest BCUT2D eigenvalue weighted by molar-refractivity contribution is -0.112. The van der Waals surface area contributed by atoms with E-state index in [-0.39, 0.29) is 5.57 Å². The summed E-state index contributed by atoms with van der Waals surface area (Å²) in [5.74, 6) is 0.201. The normalized spacial score (nSPS) is 11.1. The maximum absolute atomic E-state index is 12.7. The standard InChI is InChI=1S/C26H22Br2N2O2/c1-16-4-7-19(8-5-16)15-32-25-22(27)12-20(13-23(25)28)11-21(14-29)26(31)30-24-9-6-17(2)10-18(24)3/h4-13H,15H2,1-3H3,(H,30,31)/b21-11+. The van der Waals surface area contributed by atoms with E-state index in [2.05, 4.69) is 37.2 Å². The Bertz CT molecular complexity index is 1200. The van der Waals surface area contributed by atoms with Crippen LogP contribution < -0.4 is 10.1 Å². The first kappa shape index (κ1) is 23.8. The van der Waals surface area contributed by atoms with Gasteiger partial charge in [-0.05, 0) is 93.6 Å². The molecule has 0 radical (unpaired) electrons. The molecule has 0 bridgehead atoms. The summed E-state index contributed by atoms with van der Waals surface area (Å²) < 4.78 is 7.41. The number of amides is 1. The highest BCUT2D eigenvalue weighted by atomic mass is 79.9. The fourth-order valence-electron chi connectivity index (χ4n) is 3.10. The molecule has 0 heterocycles. The number of nitrogens with zero attached hydrogens (tertiary/aromatic N) is 1. The second-order valence-electron chi connectivity index (χ2n) is 7.53. The molecule has 4 nitrogen and oxygen atoms in total. The molecule has 0 aliphatic carbocycles.